The molecule has 0 radical (unpaired) electrons. The van der Waals surface area contributed by atoms with Crippen molar-refractivity contribution in [3.63, 3.8) is 0 Å². The largest absolute Gasteiger partial charge is 0.476 e. The molecular weight excluding hydrogens is 606 g/mol. The van der Waals surface area contributed by atoms with Crippen molar-refractivity contribution in [2.24, 2.45) is 10.3 Å². The molecule has 4 aromatic carbocycles. The van der Waals surface area contributed by atoms with Gasteiger partial charge in [-0.25, -0.2) is 9.78 Å². The molecular formula is C32H27N9O4S. The zero-order chi connectivity index (χ0) is 32.2. The van der Waals surface area contributed by atoms with Crippen LogP contribution in [0.5, 0.6) is 0 Å². The zero-order valence-corrected chi connectivity index (χ0v) is 25.0. The predicted octanol–water partition coefficient (Wildman–Crippen LogP) is 6.33. The van der Waals surface area contributed by atoms with E-state index in [0.717, 1.165) is 21.5 Å². The number of azide groups is 1. The lowest BCUT2D eigenvalue weighted by Gasteiger charge is -2.36. The smallest absolute Gasteiger partial charge is 0.360 e. The maximum atomic E-state index is 11.8. The van der Waals surface area contributed by atoms with Gasteiger partial charge in [-0.3, -0.25) is 0 Å². The molecule has 46 heavy (non-hydrogen) atoms. The van der Waals surface area contributed by atoms with E-state index in [1.165, 1.54) is 11.3 Å². The van der Waals surface area contributed by atoms with E-state index in [0.29, 0.717) is 16.2 Å². The molecule has 14 heteroatoms. The van der Waals surface area contributed by atoms with E-state index in [-0.39, 0.29) is 24.6 Å². The van der Waals surface area contributed by atoms with Gasteiger partial charge in [-0.05, 0) is 39.6 Å². The lowest BCUT2D eigenvalue weighted by atomic mass is 9.77. The normalized spacial score (nSPS) is 11.2. The monoisotopic (exact) mass is 633 g/mol. The number of anilines is 1. The van der Waals surface area contributed by atoms with Crippen molar-refractivity contribution >= 4 is 39.2 Å². The Kier molecular flexibility index (Phi) is 10.2. The van der Waals surface area contributed by atoms with Gasteiger partial charge < -0.3 is 20.5 Å². The van der Waals surface area contributed by atoms with Crippen LogP contribution in [0.1, 0.15) is 22.4 Å². The molecule has 0 aliphatic rings. The fourth-order valence-corrected chi connectivity index (χ4v) is 5.42. The molecule has 0 atom stereocenters. The number of carbonyl (C=O) groups is 1. The van der Waals surface area contributed by atoms with Gasteiger partial charge in [0.25, 0.3) is 0 Å². The van der Waals surface area contributed by atoms with E-state index < -0.39 is 11.5 Å². The van der Waals surface area contributed by atoms with Crippen molar-refractivity contribution in [1.82, 2.24) is 20.1 Å². The van der Waals surface area contributed by atoms with Gasteiger partial charge in [0.05, 0.1) is 6.54 Å². The van der Waals surface area contributed by atoms with E-state index in [2.05, 4.69) is 35.8 Å². The van der Waals surface area contributed by atoms with Crippen LogP contribution in [0.3, 0.4) is 0 Å². The van der Waals surface area contributed by atoms with Crippen LogP contribution in [0.4, 0.5) is 5.13 Å². The van der Waals surface area contributed by atoms with Crippen LogP contribution >= 0.6 is 11.3 Å². The standard InChI is InChI=1S/C26H22N6O3S.C6H5N3O/c27-32-28-16-17-35-31-23(24(33)34)22-18-36-25(29-22)30-26(19-10-4-1-5-11-19,20-12-6-2-7-13-20)21-14-8-3-9-15-21;10-9-6-4-2-1-3-5(6)7-8-9/h1-15,18H,16-17H2,(H,29,30)(H,33,34);1-4,10H/b31-23-;. The van der Waals surface area contributed by atoms with Gasteiger partial charge in [0, 0.05) is 10.3 Å². The van der Waals surface area contributed by atoms with Crippen molar-refractivity contribution in [3.8, 4) is 0 Å². The molecule has 0 fully saturated rings. The number of para-hydroxylation sites is 1. The van der Waals surface area contributed by atoms with Gasteiger partial charge in [0.2, 0.25) is 5.71 Å². The lowest BCUT2D eigenvalue weighted by molar-refractivity contribution is -0.129. The van der Waals surface area contributed by atoms with Gasteiger partial charge in [0.1, 0.15) is 28.9 Å². The van der Waals surface area contributed by atoms with Crippen LogP contribution in [0.15, 0.2) is 131 Å². The number of nitrogens with one attached hydrogen (secondary N) is 1. The van der Waals surface area contributed by atoms with E-state index in [4.69, 9.17) is 15.6 Å². The molecule has 0 unspecified atom stereocenters. The summed E-state index contributed by atoms with van der Waals surface area (Å²) in [6.07, 6.45) is 0. The summed E-state index contributed by atoms with van der Waals surface area (Å²) in [5.74, 6) is -1.28. The molecule has 0 spiro atoms. The Balaban J connectivity index is 0.000000350. The SMILES string of the molecule is On1nnc2ccccc21.[N-]=[N+]=NCCO/N=C(\C(=O)O)c1csc(NC(c2ccccc2)(c2ccccc2)c2ccccc2)n1. The van der Waals surface area contributed by atoms with Crippen LogP contribution in [0.25, 0.3) is 21.5 Å². The van der Waals surface area contributed by atoms with Gasteiger partial charge in [-0.1, -0.05) is 118 Å². The van der Waals surface area contributed by atoms with Crippen LogP contribution in [-0.2, 0) is 15.2 Å². The number of aromatic nitrogens is 4. The molecule has 0 saturated heterocycles. The second-order valence-electron chi connectivity index (χ2n) is 9.51. The van der Waals surface area contributed by atoms with E-state index in [1.54, 1.807) is 17.5 Å². The number of benzene rings is 4. The van der Waals surface area contributed by atoms with Crippen molar-refractivity contribution in [2.75, 3.05) is 18.5 Å². The number of thiazole rings is 1. The first kappa shape index (κ1) is 31.2. The Morgan fingerprint density at radius 1 is 0.913 bits per heavy atom. The summed E-state index contributed by atoms with van der Waals surface area (Å²) in [5.41, 5.74) is 11.7. The molecule has 3 N–H and O–H groups in total. The Morgan fingerprint density at radius 2 is 1.48 bits per heavy atom. The van der Waals surface area contributed by atoms with Crippen LogP contribution in [0, 0.1) is 0 Å². The first-order valence-corrected chi connectivity index (χ1v) is 14.8. The highest BCUT2D eigenvalue weighted by atomic mass is 32.1. The molecule has 6 aromatic rings. The molecule has 6 rings (SSSR count). The van der Waals surface area contributed by atoms with Crippen LogP contribution in [-0.4, -0.2) is 55.3 Å². The third-order valence-corrected chi connectivity index (χ3v) is 7.46. The average molecular weight is 634 g/mol. The lowest BCUT2D eigenvalue weighted by Crippen LogP contribution is -2.38. The quantitative estimate of drug-likeness (QED) is 0.0216. The molecule has 0 amide bonds. The first-order valence-electron chi connectivity index (χ1n) is 13.9. The number of carboxylic acid groups (broad SMARTS) is 1. The fraction of sp³-hybridized carbons (Fsp3) is 0.0938. The van der Waals surface area contributed by atoms with Gasteiger partial charge in [-0.15, -0.1) is 16.4 Å². The van der Waals surface area contributed by atoms with Crippen molar-refractivity contribution in [1.29, 1.82) is 0 Å². The summed E-state index contributed by atoms with van der Waals surface area (Å²) >= 11 is 1.26. The molecule has 0 saturated carbocycles. The van der Waals surface area contributed by atoms with Gasteiger partial charge in [-0.2, -0.15) is 0 Å². The van der Waals surface area contributed by atoms with E-state index in [1.807, 2.05) is 103 Å². The number of oxime groups is 1. The fourth-order valence-electron chi connectivity index (χ4n) is 4.67. The summed E-state index contributed by atoms with van der Waals surface area (Å²) < 4.78 is 0. The average Bonchev–Trinajstić information content (AvgIpc) is 3.73. The maximum absolute atomic E-state index is 11.8. The van der Waals surface area contributed by atoms with E-state index >= 15 is 0 Å². The number of nitrogens with zero attached hydrogens (tertiary/aromatic N) is 8. The molecule has 0 bridgehead atoms. The second kappa shape index (κ2) is 15.0. The third-order valence-electron chi connectivity index (χ3n) is 6.70. The Bertz CT molecular complexity index is 1860. The van der Waals surface area contributed by atoms with Gasteiger partial charge >= 0.3 is 5.97 Å². The molecule has 2 aromatic heterocycles. The van der Waals surface area contributed by atoms with E-state index in [9.17, 15) is 9.90 Å². The summed E-state index contributed by atoms with van der Waals surface area (Å²) in [4.78, 5) is 24.8. The highest BCUT2D eigenvalue weighted by Crippen LogP contribution is 2.40. The molecule has 230 valence electrons. The van der Waals surface area contributed by atoms with Crippen LogP contribution < -0.4 is 5.32 Å². The highest BCUT2D eigenvalue weighted by Gasteiger charge is 2.37. The molecule has 2 heterocycles. The predicted molar refractivity (Wildman–Crippen MR) is 174 cm³/mol. The first-order chi connectivity index (χ1) is 22.5. The number of hydrogen-bond acceptors (Lipinski definition) is 10. The number of aliphatic carboxylic acids is 1. The Morgan fingerprint density at radius 3 is 2.02 bits per heavy atom. The summed E-state index contributed by atoms with van der Waals surface area (Å²) in [7, 11) is 0. The maximum Gasteiger partial charge on any atom is 0.360 e. The number of hydrogen-bond donors (Lipinski definition) is 3. The third kappa shape index (κ3) is 7.10. The summed E-state index contributed by atoms with van der Waals surface area (Å²) in [6, 6.07) is 37.2. The van der Waals surface area contributed by atoms with Crippen LogP contribution in [0.2, 0.25) is 0 Å². The highest BCUT2D eigenvalue weighted by molar-refractivity contribution is 7.14. The number of carboxylic acids is 1. The second-order valence-corrected chi connectivity index (χ2v) is 10.4. The topological polar surface area (TPSA) is 184 Å². The molecule has 0 aliphatic carbocycles. The minimum absolute atomic E-state index is 0.0323. The zero-order valence-electron chi connectivity index (χ0n) is 24.2. The summed E-state index contributed by atoms with van der Waals surface area (Å²) in [6.45, 7) is -0.0142. The van der Waals surface area contributed by atoms with Gasteiger partial charge in [0.15, 0.2) is 5.13 Å². The van der Waals surface area contributed by atoms with Crippen molar-refractivity contribution in [2.45, 2.75) is 5.54 Å². The number of rotatable bonds is 11. The van der Waals surface area contributed by atoms with Crippen molar-refractivity contribution < 1.29 is 19.9 Å². The van der Waals surface area contributed by atoms with Crippen molar-refractivity contribution in [3.05, 3.63) is 153 Å². The Labute approximate surface area is 266 Å². The number of fused-ring (bicyclic) bond motifs is 1. The molecule has 13 nitrogen and oxygen atoms in total. The minimum Gasteiger partial charge on any atom is -0.476 e. The molecule has 0 aliphatic heterocycles. The summed E-state index contributed by atoms with van der Waals surface area (Å²) in [5, 5.41) is 38.5. The minimum atomic E-state index is -1.28. The Hall–Kier alpha value is -6.24.